The number of nitrogens with one attached hydrogen (secondary N) is 2. The predicted molar refractivity (Wildman–Crippen MR) is 210 cm³/mol. The predicted octanol–water partition coefficient (Wildman–Crippen LogP) is 4.42. The number of piperazine rings is 1. The molecule has 2 aromatic carbocycles. The summed E-state index contributed by atoms with van der Waals surface area (Å²) in [6.45, 7) is 12.1. The number of likely N-dealkylation sites (tertiary alicyclic amines) is 2. The van der Waals surface area contributed by atoms with Gasteiger partial charge in [0.25, 0.3) is 0 Å². The van der Waals surface area contributed by atoms with Gasteiger partial charge < -0.3 is 26.2 Å². The molecule has 3 fully saturated rings. The molecule has 0 radical (unpaired) electrons. The first-order valence-corrected chi connectivity index (χ1v) is 20.3. The van der Waals surface area contributed by atoms with E-state index < -0.39 is 6.04 Å². The van der Waals surface area contributed by atoms with E-state index in [0.717, 1.165) is 69.8 Å². The van der Waals surface area contributed by atoms with Crippen LogP contribution in [0.25, 0.3) is 0 Å². The number of halogens is 2. The number of amides is 4. The lowest BCUT2D eigenvalue weighted by Gasteiger charge is -2.43. The second kappa shape index (κ2) is 17.4. The molecule has 14 heteroatoms. The smallest absolute Gasteiger partial charge is 0.322 e. The number of nitrogens with zero attached hydrogens (tertiary/aromatic N) is 5. The molecule has 0 spiro atoms. The van der Waals surface area contributed by atoms with Crippen molar-refractivity contribution in [3.05, 3.63) is 56.5 Å². The number of piperidine rings is 2. The van der Waals surface area contributed by atoms with Crippen LogP contribution in [0, 0.1) is 0 Å². The number of para-hydroxylation sites is 1. The molecule has 4 aliphatic rings. The highest BCUT2D eigenvalue weighted by Gasteiger charge is 2.36. The van der Waals surface area contributed by atoms with Crippen molar-refractivity contribution in [2.45, 2.75) is 76.5 Å². The summed E-state index contributed by atoms with van der Waals surface area (Å²) in [7, 11) is 0. The Balaban J connectivity index is 1.06. The van der Waals surface area contributed by atoms with E-state index in [1.54, 1.807) is 17.0 Å². The highest BCUT2D eigenvalue weighted by Crippen LogP contribution is 2.31. The SMILES string of the molecule is CC(C)N1CCN(C2CCN(CC(=O)N[C@H](CC(=O)c3cc(Br)c(N)c(Br)c3)C(=O)N3CCC(N4CCc5ccccc5NC4=O)CC3)CC2)CC1. The third-order valence-corrected chi connectivity index (χ3v) is 12.6. The van der Waals surface area contributed by atoms with E-state index in [1.165, 1.54) is 0 Å². The molecule has 0 aromatic heterocycles. The summed E-state index contributed by atoms with van der Waals surface area (Å²) in [5, 5.41) is 6.01. The molecular weight excluding hydrogens is 792 g/mol. The third-order valence-electron chi connectivity index (χ3n) is 11.3. The minimum absolute atomic E-state index is 0.0143. The maximum absolute atomic E-state index is 14.1. The number of benzene rings is 2. The van der Waals surface area contributed by atoms with Gasteiger partial charge in [0.05, 0.1) is 12.2 Å². The Bertz CT molecular complexity index is 1590. The van der Waals surface area contributed by atoms with Crippen molar-refractivity contribution in [1.82, 2.24) is 29.8 Å². The van der Waals surface area contributed by atoms with Crippen LogP contribution in [0.4, 0.5) is 16.2 Å². The Morgan fingerprint density at radius 1 is 0.885 bits per heavy atom. The Morgan fingerprint density at radius 2 is 1.52 bits per heavy atom. The van der Waals surface area contributed by atoms with Gasteiger partial charge in [0.15, 0.2) is 5.78 Å². The largest absolute Gasteiger partial charge is 0.397 e. The molecule has 1 atom stereocenters. The lowest BCUT2D eigenvalue weighted by Crippen LogP contribution is -2.56. The summed E-state index contributed by atoms with van der Waals surface area (Å²) in [5.74, 6) is -0.805. The summed E-state index contributed by atoms with van der Waals surface area (Å²) in [6.07, 6.45) is 3.82. The van der Waals surface area contributed by atoms with Crippen molar-refractivity contribution in [3.8, 4) is 0 Å². The van der Waals surface area contributed by atoms with Gasteiger partial charge in [0.2, 0.25) is 11.8 Å². The van der Waals surface area contributed by atoms with Gasteiger partial charge in [-0.25, -0.2) is 4.79 Å². The van der Waals surface area contributed by atoms with Gasteiger partial charge in [-0.2, -0.15) is 0 Å². The molecule has 4 aliphatic heterocycles. The van der Waals surface area contributed by atoms with Gasteiger partial charge in [-0.15, -0.1) is 0 Å². The first kappa shape index (κ1) is 38.7. The van der Waals surface area contributed by atoms with Crippen LogP contribution in [0.3, 0.4) is 0 Å². The molecule has 0 unspecified atom stereocenters. The molecule has 6 rings (SSSR count). The lowest BCUT2D eigenvalue weighted by molar-refractivity contribution is -0.138. The van der Waals surface area contributed by atoms with Crippen LogP contribution in [-0.4, -0.2) is 138 Å². The Morgan fingerprint density at radius 3 is 2.17 bits per heavy atom. The maximum atomic E-state index is 14.1. The van der Waals surface area contributed by atoms with Crippen LogP contribution in [0.5, 0.6) is 0 Å². The fourth-order valence-corrected chi connectivity index (χ4v) is 9.30. The van der Waals surface area contributed by atoms with Crippen LogP contribution in [0.2, 0.25) is 0 Å². The summed E-state index contributed by atoms with van der Waals surface area (Å²) in [4.78, 5) is 65.4. The molecule has 4 heterocycles. The molecule has 4 N–H and O–H groups in total. The van der Waals surface area contributed by atoms with Crippen molar-refractivity contribution in [2.75, 3.05) is 76.5 Å². The molecule has 3 saturated heterocycles. The normalized spacial score (nSPS) is 20.7. The van der Waals surface area contributed by atoms with E-state index in [9.17, 15) is 19.2 Å². The minimum atomic E-state index is -1.02. The average molecular weight is 845 g/mol. The van der Waals surface area contributed by atoms with Gasteiger partial charge in [-0.05, 0) is 102 Å². The molecule has 52 heavy (non-hydrogen) atoms. The molecule has 12 nitrogen and oxygen atoms in total. The monoisotopic (exact) mass is 842 g/mol. The average Bonchev–Trinajstić information content (AvgIpc) is 3.31. The van der Waals surface area contributed by atoms with E-state index in [-0.39, 0.29) is 42.6 Å². The number of urea groups is 1. The van der Waals surface area contributed by atoms with E-state index in [1.807, 2.05) is 29.2 Å². The Labute approximate surface area is 324 Å². The highest BCUT2D eigenvalue weighted by molar-refractivity contribution is 9.11. The summed E-state index contributed by atoms with van der Waals surface area (Å²) in [5.41, 5.74) is 8.88. The zero-order valence-corrected chi connectivity index (χ0v) is 33.5. The number of rotatable bonds is 10. The van der Waals surface area contributed by atoms with Crippen LogP contribution in [-0.2, 0) is 16.0 Å². The van der Waals surface area contributed by atoms with E-state index >= 15 is 0 Å². The minimum Gasteiger partial charge on any atom is -0.397 e. The fourth-order valence-electron chi connectivity index (χ4n) is 8.11. The number of hydrogen-bond acceptors (Lipinski definition) is 8. The number of nitrogens with two attached hydrogens (primary N) is 1. The van der Waals surface area contributed by atoms with Gasteiger partial charge in [0, 0.05) is 104 Å². The van der Waals surface area contributed by atoms with Crippen molar-refractivity contribution >= 4 is 66.9 Å². The van der Waals surface area contributed by atoms with Gasteiger partial charge in [0.1, 0.15) is 6.04 Å². The number of hydrogen-bond donors (Lipinski definition) is 3. The number of fused-ring (bicyclic) bond motifs is 1. The van der Waals surface area contributed by atoms with Crippen molar-refractivity contribution in [1.29, 1.82) is 0 Å². The van der Waals surface area contributed by atoms with Crippen LogP contribution >= 0.6 is 31.9 Å². The van der Waals surface area contributed by atoms with E-state index in [2.05, 4.69) is 71.0 Å². The zero-order valence-electron chi connectivity index (χ0n) is 30.3. The summed E-state index contributed by atoms with van der Waals surface area (Å²) in [6, 6.07) is 11.1. The first-order valence-electron chi connectivity index (χ1n) is 18.7. The van der Waals surface area contributed by atoms with Gasteiger partial charge in [-0.1, -0.05) is 18.2 Å². The molecule has 282 valence electrons. The number of Topliss-reactive ketones (excluding diaryl/α,β-unsaturated/α-hetero) is 1. The number of carbonyl (C=O) groups excluding carboxylic acids is 4. The maximum Gasteiger partial charge on any atom is 0.322 e. The second-order valence-corrected chi connectivity index (χ2v) is 16.6. The molecule has 0 aliphatic carbocycles. The number of nitrogen functional groups attached to an aromatic ring is 1. The van der Waals surface area contributed by atoms with Crippen molar-refractivity contribution in [3.63, 3.8) is 0 Å². The first-order chi connectivity index (χ1) is 25.0. The van der Waals surface area contributed by atoms with E-state index in [4.69, 9.17) is 5.73 Å². The Kier molecular flexibility index (Phi) is 12.9. The lowest BCUT2D eigenvalue weighted by atomic mass is 9.99. The third kappa shape index (κ3) is 9.36. The number of anilines is 2. The van der Waals surface area contributed by atoms with E-state index in [0.29, 0.717) is 64.8 Å². The van der Waals surface area contributed by atoms with Crippen LogP contribution in [0.1, 0.15) is 61.9 Å². The van der Waals surface area contributed by atoms with Crippen LogP contribution in [0.15, 0.2) is 45.3 Å². The standard InChI is InChI=1S/C38H52Br2N8O4/c1-25(2)45-17-19-46(20-18-45)28-8-12-44(13-9-28)24-35(50)42-33(23-34(49)27-21-30(39)36(41)31(40)22-27)37(51)47-14-10-29(11-15-47)48-16-7-26-5-3-4-6-32(26)43-38(48)52/h3-6,21-22,25,28-29,33H,7-20,23-24,41H2,1-2H3,(H,42,50)(H,43,52)/t33-/m1/s1. The number of carbonyl (C=O) groups is 4. The molecule has 4 amide bonds. The van der Waals surface area contributed by atoms with Crippen LogP contribution < -0.4 is 16.4 Å². The highest BCUT2D eigenvalue weighted by atomic mass is 79.9. The topological polar surface area (TPSA) is 135 Å². The molecule has 2 aromatic rings. The molecular formula is C38H52Br2N8O4. The summed E-state index contributed by atoms with van der Waals surface area (Å²) < 4.78 is 1.15. The molecule has 0 saturated carbocycles. The fraction of sp³-hybridized carbons (Fsp3) is 0.579. The number of ketones is 1. The molecule has 0 bridgehead atoms. The summed E-state index contributed by atoms with van der Waals surface area (Å²) >= 11 is 6.83. The van der Waals surface area contributed by atoms with Crippen molar-refractivity contribution in [2.24, 2.45) is 0 Å². The van der Waals surface area contributed by atoms with Crippen molar-refractivity contribution < 1.29 is 19.2 Å². The quantitative estimate of drug-likeness (QED) is 0.237. The second-order valence-electron chi connectivity index (χ2n) is 14.9. The van der Waals surface area contributed by atoms with Gasteiger partial charge >= 0.3 is 6.03 Å². The van der Waals surface area contributed by atoms with Gasteiger partial charge in [-0.3, -0.25) is 29.1 Å². The Hall–Kier alpha value is -3.04. The zero-order chi connectivity index (χ0) is 36.9.